The molecule has 1 amide bonds. The van der Waals surface area contributed by atoms with E-state index in [-0.39, 0.29) is 5.56 Å². The third-order valence-corrected chi connectivity index (χ3v) is 3.63. The molecule has 0 aliphatic heterocycles. The lowest BCUT2D eigenvalue weighted by Crippen LogP contribution is -2.49. The summed E-state index contributed by atoms with van der Waals surface area (Å²) < 4.78 is 44.4. The molecular weight excluding hydrogens is 347 g/mol. The van der Waals surface area contributed by atoms with Gasteiger partial charge in [0.05, 0.1) is 23.3 Å². The molecule has 0 saturated heterocycles. The Hall–Kier alpha value is -3.26. The van der Waals surface area contributed by atoms with E-state index in [1.165, 1.54) is 6.92 Å². The van der Waals surface area contributed by atoms with Gasteiger partial charge >= 0.3 is 6.18 Å². The van der Waals surface area contributed by atoms with E-state index in [1.54, 1.807) is 24.3 Å². The van der Waals surface area contributed by atoms with Gasteiger partial charge in [-0.15, -0.1) is 0 Å². The van der Waals surface area contributed by atoms with Crippen LogP contribution in [-0.2, 0) is 11.0 Å². The molecule has 5 nitrogen and oxygen atoms in total. The molecule has 1 N–H and O–H groups in total. The normalized spacial score (nSPS) is 15.4. The molecule has 0 saturated carbocycles. The second-order valence-corrected chi connectivity index (χ2v) is 5.83. The zero-order chi connectivity index (χ0) is 19.4. The number of rotatable bonds is 5. The van der Waals surface area contributed by atoms with Crippen molar-refractivity contribution in [3.05, 3.63) is 53.1 Å². The van der Waals surface area contributed by atoms with Crippen LogP contribution in [0.3, 0.4) is 0 Å². The molecule has 1 atom stereocenters. The van der Waals surface area contributed by atoms with E-state index in [9.17, 15) is 23.2 Å². The second-order valence-electron chi connectivity index (χ2n) is 5.83. The zero-order valence-electron chi connectivity index (χ0n) is 13.7. The van der Waals surface area contributed by atoms with Gasteiger partial charge in [-0.25, -0.2) is 0 Å². The van der Waals surface area contributed by atoms with Crippen molar-refractivity contribution in [1.82, 2.24) is 5.32 Å². The summed E-state index contributed by atoms with van der Waals surface area (Å²) in [5, 5.41) is 20.7. The number of benzene rings is 1. The van der Waals surface area contributed by atoms with Crippen LogP contribution in [0.5, 0.6) is 5.75 Å². The van der Waals surface area contributed by atoms with Crippen LogP contribution < -0.4 is 10.1 Å². The molecular formula is C18H14F3N3O2. The van der Waals surface area contributed by atoms with Crippen LogP contribution in [0, 0.1) is 22.7 Å². The first-order chi connectivity index (χ1) is 12.2. The quantitative estimate of drug-likeness (QED) is 0.872. The van der Waals surface area contributed by atoms with Crippen LogP contribution >= 0.6 is 0 Å². The fourth-order valence-electron chi connectivity index (χ4n) is 2.21. The Kier molecular flexibility index (Phi) is 5.37. The summed E-state index contributed by atoms with van der Waals surface area (Å²) in [5.74, 6) is -1.07. The number of nitrogens with zero attached hydrogens (tertiary/aromatic N) is 2. The minimum absolute atomic E-state index is 0.0159. The minimum atomic E-state index is -4.68. The lowest BCUT2D eigenvalue weighted by molar-refractivity contribution is -0.139. The maximum Gasteiger partial charge on any atom is 0.419 e. The van der Waals surface area contributed by atoms with Crippen molar-refractivity contribution < 1.29 is 22.7 Å². The Bertz CT molecular complexity index is 860. The summed E-state index contributed by atoms with van der Waals surface area (Å²) in [4.78, 5) is 12.1. The molecule has 0 heterocycles. The first-order valence-corrected chi connectivity index (χ1v) is 7.52. The Labute approximate surface area is 148 Å². The number of allylic oxidation sites excluding steroid dienone is 3. The number of nitriles is 2. The minimum Gasteiger partial charge on any atom is -0.489 e. The van der Waals surface area contributed by atoms with E-state index in [4.69, 9.17) is 10.00 Å². The molecule has 1 unspecified atom stereocenters. The van der Waals surface area contributed by atoms with Gasteiger partial charge in [0.15, 0.2) is 5.54 Å². The summed E-state index contributed by atoms with van der Waals surface area (Å²) in [6.07, 6.45) is 0.773. The van der Waals surface area contributed by atoms with Gasteiger partial charge in [-0.3, -0.25) is 4.79 Å². The average molecular weight is 361 g/mol. The number of carbonyl (C=O) groups is 1. The van der Waals surface area contributed by atoms with Crippen molar-refractivity contribution in [2.24, 2.45) is 0 Å². The summed E-state index contributed by atoms with van der Waals surface area (Å²) in [5.41, 5.74) is -2.19. The van der Waals surface area contributed by atoms with Crippen LogP contribution in [0.25, 0.3) is 0 Å². The molecule has 2 rings (SSSR count). The highest BCUT2D eigenvalue weighted by atomic mass is 19.4. The van der Waals surface area contributed by atoms with Gasteiger partial charge < -0.3 is 10.1 Å². The molecule has 0 aromatic heterocycles. The summed E-state index contributed by atoms with van der Waals surface area (Å²) >= 11 is 0. The second kappa shape index (κ2) is 7.32. The van der Waals surface area contributed by atoms with Gasteiger partial charge in [0.1, 0.15) is 12.4 Å². The van der Waals surface area contributed by atoms with Crippen LogP contribution in [0.1, 0.15) is 24.5 Å². The molecule has 0 radical (unpaired) electrons. The Morgan fingerprint density at radius 1 is 1.35 bits per heavy atom. The van der Waals surface area contributed by atoms with E-state index in [1.807, 2.05) is 6.07 Å². The first kappa shape index (κ1) is 19.1. The van der Waals surface area contributed by atoms with Crippen molar-refractivity contribution in [3.8, 4) is 17.9 Å². The van der Waals surface area contributed by atoms with E-state index in [0.29, 0.717) is 12.0 Å². The fourth-order valence-corrected chi connectivity index (χ4v) is 2.21. The number of hydrogen-bond donors (Lipinski definition) is 1. The highest BCUT2D eigenvalue weighted by Crippen LogP contribution is 2.37. The zero-order valence-corrected chi connectivity index (χ0v) is 13.7. The molecule has 0 fully saturated rings. The number of amides is 1. The molecule has 26 heavy (non-hydrogen) atoms. The van der Waals surface area contributed by atoms with Crippen molar-refractivity contribution in [3.63, 3.8) is 0 Å². The molecule has 1 aromatic carbocycles. The smallest absolute Gasteiger partial charge is 0.419 e. The maximum absolute atomic E-state index is 13.1. The van der Waals surface area contributed by atoms with Crippen molar-refractivity contribution in [2.45, 2.75) is 25.1 Å². The van der Waals surface area contributed by atoms with Crippen LogP contribution in [0.4, 0.5) is 13.2 Å². The van der Waals surface area contributed by atoms with E-state index < -0.39 is 35.5 Å². The third-order valence-electron chi connectivity index (χ3n) is 3.63. The van der Waals surface area contributed by atoms with Crippen molar-refractivity contribution in [1.29, 1.82) is 10.5 Å². The monoisotopic (exact) mass is 361 g/mol. The fraction of sp³-hybridized carbons (Fsp3) is 0.278. The molecule has 1 aromatic rings. The van der Waals surface area contributed by atoms with Gasteiger partial charge in [0.2, 0.25) is 5.91 Å². The SMILES string of the molecule is CC(C#N)(COc1cc(C#N)ccc1C(F)(F)F)NC(=O)C1=CC=CC1. The molecule has 8 heteroatoms. The van der Waals surface area contributed by atoms with Crippen LogP contribution in [0.2, 0.25) is 0 Å². The maximum atomic E-state index is 13.1. The lowest BCUT2D eigenvalue weighted by Gasteiger charge is -2.25. The number of halogens is 3. The molecule has 134 valence electrons. The van der Waals surface area contributed by atoms with E-state index in [0.717, 1.165) is 18.2 Å². The molecule has 1 aliphatic carbocycles. The largest absolute Gasteiger partial charge is 0.489 e. The number of ether oxygens (including phenoxy) is 1. The summed E-state index contributed by atoms with van der Waals surface area (Å²) in [6, 6.07) is 6.29. The van der Waals surface area contributed by atoms with Gasteiger partial charge in [0.25, 0.3) is 0 Å². The average Bonchev–Trinajstić information content (AvgIpc) is 3.13. The highest BCUT2D eigenvalue weighted by molar-refractivity contribution is 5.95. The molecule has 0 spiro atoms. The van der Waals surface area contributed by atoms with Crippen LogP contribution in [-0.4, -0.2) is 18.1 Å². The number of carbonyl (C=O) groups excluding carboxylic acids is 1. The van der Waals surface area contributed by atoms with Gasteiger partial charge in [0, 0.05) is 5.57 Å². The first-order valence-electron chi connectivity index (χ1n) is 7.52. The Morgan fingerprint density at radius 3 is 2.62 bits per heavy atom. The highest BCUT2D eigenvalue weighted by Gasteiger charge is 2.36. The summed E-state index contributed by atoms with van der Waals surface area (Å²) in [7, 11) is 0. The number of hydrogen-bond acceptors (Lipinski definition) is 4. The van der Waals surface area contributed by atoms with Crippen LogP contribution in [0.15, 0.2) is 42.0 Å². The Balaban J connectivity index is 2.18. The van der Waals surface area contributed by atoms with Crippen molar-refractivity contribution in [2.75, 3.05) is 6.61 Å². The van der Waals surface area contributed by atoms with E-state index >= 15 is 0 Å². The van der Waals surface area contributed by atoms with Gasteiger partial charge in [-0.2, -0.15) is 23.7 Å². The predicted molar refractivity (Wildman–Crippen MR) is 85.7 cm³/mol. The molecule has 1 aliphatic rings. The number of alkyl halides is 3. The topological polar surface area (TPSA) is 85.9 Å². The standard InChI is InChI=1S/C18H14F3N3O2/c1-17(10-23,24-16(25)13-4-2-3-5-13)11-26-15-8-12(9-22)6-7-14(15)18(19,20)21/h2-4,6-8H,5,11H2,1H3,(H,24,25). The molecule has 0 bridgehead atoms. The third kappa shape index (κ3) is 4.42. The number of nitrogens with one attached hydrogen (secondary N) is 1. The van der Waals surface area contributed by atoms with Gasteiger partial charge in [-0.05, 0) is 31.5 Å². The van der Waals surface area contributed by atoms with E-state index in [2.05, 4.69) is 5.32 Å². The Morgan fingerprint density at radius 2 is 2.08 bits per heavy atom. The summed E-state index contributed by atoms with van der Waals surface area (Å²) in [6.45, 7) is 0.823. The van der Waals surface area contributed by atoms with Gasteiger partial charge in [-0.1, -0.05) is 18.2 Å². The predicted octanol–water partition coefficient (Wildman–Crippen LogP) is 3.24. The van der Waals surface area contributed by atoms with Crippen molar-refractivity contribution >= 4 is 5.91 Å². The lowest BCUT2D eigenvalue weighted by atomic mass is 10.0.